The van der Waals surface area contributed by atoms with Crippen molar-refractivity contribution in [1.82, 2.24) is 20.1 Å². The molecule has 4 aromatic rings. The van der Waals surface area contributed by atoms with Gasteiger partial charge in [-0.05, 0) is 62.1 Å². The van der Waals surface area contributed by atoms with Gasteiger partial charge in [-0.1, -0.05) is 36.0 Å². The molecular weight excluding hydrogens is 631 g/mol. The molecule has 0 spiro atoms. The molecule has 1 aliphatic carbocycles. The number of rotatable bonds is 12. The van der Waals surface area contributed by atoms with Crippen LogP contribution in [0.15, 0.2) is 59.8 Å². The molecule has 0 aliphatic heterocycles. The van der Waals surface area contributed by atoms with Crippen LogP contribution >= 0.6 is 23.1 Å². The van der Waals surface area contributed by atoms with Crippen molar-refractivity contribution in [1.29, 1.82) is 0 Å². The number of fused-ring (bicyclic) bond motifs is 1. The second-order valence-corrected chi connectivity index (χ2v) is 11.8. The molecule has 0 saturated carbocycles. The summed E-state index contributed by atoms with van der Waals surface area (Å²) in [6, 6.07) is 13.3. The zero-order chi connectivity index (χ0) is 32.0. The molecule has 236 valence electrons. The monoisotopic (exact) mass is 659 g/mol. The van der Waals surface area contributed by atoms with Gasteiger partial charge in [-0.15, -0.1) is 21.5 Å². The molecule has 2 amide bonds. The van der Waals surface area contributed by atoms with Crippen LogP contribution in [0, 0.1) is 0 Å². The van der Waals surface area contributed by atoms with E-state index in [-0.39, 0.29) is 42.2 Å². The quantitative estimate of drug-likeness (QED) is 0.152. The van der Waals surface area contributed by atoms with Crippen LogP contribution in [0.2, 0.25) is 0 Å². The highest BCUT2D eigenvalue weighted by Gasteiger charge is 2.31. The van der Waals surface area contributed by atoms with Crippen LogP contribution in [0.3, 0.4) is 0 Å². The minimum absolute atomic E-state index is 0.0989. The molecule has 2 heterocycles. The number of thioether (sulfide) groups is 1. The van der Waals surface area contributed by atoms with Crippen molar-refractivity contribution >= 4 is 45.9 Å². The molecule has 0 atom stereocenters. The summed E-state index contributed by atoms with van der Waals surface area (Å²) in [6.45, 7) is 1.44. The Morgan fingerprint density at radius 3 is 2.60 bits per heavy atom. The van der Waals surface area contributed by atoms with Gasteiger partial charge in [0.1, 0.15) is 10.8 Å². The molecule has 10 nitrogen and oxygen atoms in total. The number of nitrogens with one attached hydrogen (secondary N) is 2. The number of aromatic nitrogens is 3. The summed E-state index contributed by atoms with van der Waals surface area (Å²) in [5, 5.41) is 14.2. The van der Waals surface area contributed by atoms with E-state index in [9.17, 15) is 27.6 Å². The molecule has 0 fully saturated rings. The number of aryl methyl sites for hydroxylation is 1. The molecule has 45 heavy (non-hydrogen) atoms. The molecule has 0 radical (unpaired) electrons. The van der Waals surface area contributed by atoms with Crippen molar-refractivity contribution in [2.24, 2.45) is 0 Å². The summed E-state index contributed by atoms with van der Waals surface area (Å²) in [6.07, 6.45) is -2.14. The maximum absolute atomic E-state index is 13.5. The number of nitrogens with zero attached hydrogens (tertiary/aromatic N) is 3. The Kier molecular flexibility index (Phi) is 10.1. The van der Waals surface area contributed by atoms with Gasteiger partial charge < -0.3 is 20.1 Å². The molecule has 0 saturated heterocycles. The fourth-order valence-electron chi connectivity index (χ4n) is 4.69. The van der Waals surface area contributed by atoms with E-state index in [2.05, 4.69) is 20.8 Å². The van der Waals surface area contributed by atoms with Crippen LogP contribution in [-0.4, -0.2) is 51.5 Å². The molecule has 0 bridgehead atoms. The SMILES string of the molecule is CCOC(=O)c1c(NC(=O)CSc2nnc(CNC(=O)COc3ccccc3)n2-c2cccc(C(F)(F)F)c2)sc2c1CCC2. The first-order chi connectivity index (χ1) is 21.6. The average molecular weight is 660 g/mol. The molecule has 5 rings (SSSR count). The number of hydrogen-bond acceptors (Lipinski definition) is 9. The minimum atomic E-state index is -4.60. The lowest BCUT2D eigenvalue weighted by Crippen LogP contribution is -2.29. The summed E-state index contributed by atoms with van der Waals surface area (Å²) >= 11 is 2.29. The third kappa shape index (κ3) is 7.84. The van der Waals surface area contributed by atoms with Crippen LogP contribution in [-0.2, 0) is 39.9 Å². The zero-order valence-electron chi connectivity index (χ0n) is 24.0. The largest absolute Gasteiger partial charge is 0.484 e. The van der Waals surface area contributed by atoms with E-state index >= 15 is 0 Å². The lowest BCUT2D eigenvalue weighted by Gasteiger charge is -2.14. The van der Waals surface area contributed by atoms with Gasteiger partial charge in [-0.2, -0.15) is 13.2 Å². The third-order valence-corrected chi connectivity index (χ3v) is 8.81. The molecule has 2 N–H and O–H groups in total. The zero-order valence-corrected chi connectivity index (χ0v) is 25.6. The van der Waals surface area contributed by atoms with Crippen LogP contribution in [0.5, 0.6) is 5.75 Å². The summed E-state index contributed by atoms with van der Waals surface area (Å²) in [4.78, 5) is 39.2. The number of anilines is 1. The lowest BCUT2D eigenvalue weighted by molar-refractivity contribution is -0.137. The number of carbonyl (C=O) groups excluding carboxylic acids is 3. The predicted molar refractivity (Wildman–Crippen MR) is 162 cm³/mol. The van der Waals surface area contributed by atoms with Gasteiger partial charge in [-0.25, -0.2) is 4.79 Å². The Morgan fingerprint density at radius 1 is 1.04 bits per heavy atom. The highest BCUT2D eigenvalue weighted by molar-refractivity contribution is 7.99. The average Bonchev–Trinajstić information content (AvgIpc) is 3.73. The van der Waals surface area contributed by atoms with Gasteiger partial charge >= 0.3 is 12.1 Å². The first-order valence-corrected chi connectivity index (χ1v) is 15.7. The second kappa shape index (κ2) is 14.2. The number of alkyl halides is 3. The summed E-state index contributed by atoms with van der Waals surface area (Å²) < 4.78 is 52.7. The predicted octanol–water partition coefficient (Wildman–Crippen LogP) is 5.44. The van der Waals surface area contributed by atoms with E-state index in [4.69, 9.17) is 9.47 Å². The summed E-state index contributed by atoms with van der Waals surface area (Å²) in [5.41, 5.74) is 0.480. The van der Waals surface area contributed by atoms with Gasteiger partial charge in [-0.3, -0.25) is 14.2 Å². The fraction of sp³-hybridized carbons (Fsp3) is 0.300. The number of esters is 1. The topological polar surface area (TPSA) is 124 Å². The highest BCUT2D eigenvalue weighted by atomic mass is 32.2. The summed E-state index contributed by atoms with van der Waals surface area (Å²) in [7, 11) is 0. The fourth-order valence-corrected chi connectivity index (χ4v) is 6.75. The van der Waals surface area contributed by atoms with Crippen molar-refractivity contribution in [3.05, 3.63) is 82.0 Å². The number of amides is 2. The maximum Gasteiger partial charge on any atom is 0.416 e. The standard InChI is InChI=1S/C30H28F3N5O5S2/c1-2-42-28(41)26-21-12-7-13-22(21)45-27(26)35-25(40)17-44-29-37-36-23(15-34-24(39)16-43-20-10-4-3-5-11-20)38(29)19-9-6-8-18(14-19)30(31,32)33/h3-6,8-11,14H,2,7,12-13,15-17H2,1H3,(H,34,39)(H,35,40). The first kappa shape index (κ1) is 32.0. The van der Waals surface area contributed by atoms with Crippen molar-refractivity contribution < 1.29 is 37.0 Å². The smallest absolute Gasteiger partial charge is 0.416 e. The van der Waals surface area contributed by atoms with Crippen LogP contribution in [0.1, 0.15) is 45.5 Å². The van der Waals surface area contributed by atoms with E-state index in [1.54, 1.807) is 37.3 Å². The Balaban J connectivity index is 1.32. The van der Waals surface area contributed by atoms with Crippen LogP contribution in [0.25, 0.3) is 5.69 Å². The number of carbonyl (C=O) groups is 3. The van der Waals surface area contributed by atoms with Gasteiger partial charge in [0.05, 0.1) is 35.7 Å². The van der Waals surface area contributed by atoms with Gasteiger partial charge in [0, 0.05) is 4.88 Å². The van der Waals surface area contributed by atoms with Gasteiger partial charge in [0.2, 0.25) is 5.91 Å². The second-order valence-electron chi connectivity index (χ2n) is 9.78. The number of halogens is 3. The minimum Gasteiger partial charge on any atom is -0.484 e. The van der Waals surface area contributed by atoms with Crippen molar-refractivity contribution in [2.45, 2.75) is 44.1 Å². The summed E-state index contributed by atoms with van der Waals surface area (Å²) in [5.74, 6) is -0.963. The van der Waals surface area contributed by atoms with Crippen molar-refractivity contribution in [2.75, 3.05) is 24.3 Å². The highest BCUT2D eigenvalue weighted by Crippen LogP contribution is 2.40. The van der Waals surface area contributed by atoms with Crippen LogP contribution < -0.4 is 15.4 Å². The molecule has 15 heteroatoms. The number of hydrogen-bond donors (Lipinski definition) is 2. The van der Waals surface area contributed by atoms with Crippen LogP contribution in [0.4, 0.5) is 18.2 Å². The van der Waals surface area contributed by atoms with E-state index < -0.39 is 29.5 Å². The Bertz CT molecular complexity index is 1690. The third-order valence-electron chi connectivity index (χ3n) is 6.68. The number of ether oxygens (including phenoxy) is 2. The van der Waals surface area contributed by atoms with E-state index in [0.29, 0.717) is 16.3 Å². The van der Waals surface area contributed by atoms with Crippen molar-refractivity contribution in [3.8, 4) is 11.4 Å². The normalized spacial score (nSPS) is 12.4. The Morgan fingerprint density at radius 2 is 1.84 bits per heavy atom. The molecular formula is C30H28F3N5O5S2. The van der Waals surface area contributed by atoms with E-state index in [1.165, 1.54) is 28.0 Å². The maximum atomic E-state index is 13.5. The van der Waals surface area contributed by atoms with Gasteiger partial charge in [0.15, 0.2) is 17.6 Å². The van der Waals surface area contributed by atoms with Gasteiger partial charge in [0.25, 0.3) is 5.91 Å². The molecule has 1 aliphatic rings. The number of benzene rings is 2. The van der Waals surface area contributed by atoms with Crippen molar-refractivity contribution in [3.63, 3.8) is 0 Å². The lowest BCUT2D eigenvalue weighted by atomic mass is 10.1. The van der Waals surface area contributed by atoms with E-state index in [1.807, 2.05) is 0 Å². The molecule has 2 aromatic heterocycles. The van der Waals surface area contributed by atoms with E-state index in [0.717, 1.165) is 53.6 Å². The number of thiophene rings is 1. The Labute approximate surface area is 264 Å². The first-order valence-electron chi connectivity index (χ1n) is 13.9. The Hall–Kier alpha value is -4.37. The molecule has 0 unspecified atom stereocenters. The molecule has 2 aromatic carbocycles. The number of para-hydroxylation sites is 1.